The minimum atomic E-state index is -0.996. The van der Waals surface area contributed by atoms with Crippen LogP contribution in [0, 0.1) is 11.6 Å². The number of methoxy groups -OCH3 is 2. The van der Waals surface area contributed by atoms with Crippen LogP contribution in [0.4, 0.5) is 8.78 Å². The Bertz CT molecular complexity index is 385. The summed E-state index contributed by atoms with van der Waals surface area (Å²) >= 11 is 0. The van der Waals surface area contributed by atoms with Crippen molar-refractivity contribution >= 4 is 0 Å². The van der Waals surface area contributed by atoms with Crippen LogP contribution in [0.15, 0.2) is 6.07 Å². The van der Waals surface area contributed by atoms with Crippen LogP contribution in [0.3, 0.4) is 0 Å². The van der Waals surface area contributed by atoms with E-state index in [4.69, 9.17) is 20.3 Å². The second-order valence-electron chi connectivity index (χ2n) is 3.11. The molecule has 0 heterocycles. The van der Waals surface area contributed by atoms with Gasteiger partial charge in [0.15, 0.2) is 17.3 Å². The first-order valence-corrected chi connectivity index (χ1v) is 4.53. The zero-order valence-corrected chi connectivity index (χ0v) is 8.96. The average molecular weight is 233 g/mol. The number of rotatable bonds is 4. The molecule has 90 valence electrons. The van der Waals surface area contributed by atoms with Crippen molar-refractivity contribution in [3.63, 3.8) is 0 Å². The summed E-state index contributed by atoms with van der Waals surface area (Å²) in [7, 11) is 2.47. The van der Waals surface area contributed by atoms with Crippen LogP contribution in [0.25, 0.3) is 0 Å². The van der Waals surface area contributed by atoms with Crippen molar-refractivity contribution in [1.29, 1.82) is 0 Å². The summed E-state index contributed by atoms with van der Waals surface area (Å²) in [5.41, 5.74) is 5.39. The van der Waals surface area contributed by atoms with Crippen LogP contribution in [0.2, 0.25) is 0 Å². The van der Waals surface area contributed by atoms with Gasteiger partial charge < -0.3 is 20.3 Å². The zero-order valence-electron chi connectivity index (χ0n) is 8.96. The molecule has 0 aromatic heterocycles. The van der Waals surface area contributed by atoms with Gasteiger partial charge in [0, 0.05) is 6.07 Å². The smallest absolute Gasteiger partial charge is 0.197 e. The molecule has 0 saturated carbocycles. The lowest BCUT2D eigenvalue weighted by molar-refractivity contribution is 0.258. The molecule has 0 fully saturated rings. The van der Waals surface area contributed by atoms with Gasteiger partial charge in [0.2, 0.25) is 0 Å². The lowest BCUT2D eigenvalue weighted by Crippen LogP contribution is -2.18. The van der Waals surface area contributed by atoms with Gasteiger partial charge in [0.25, 0.3) is 0 Å². The first-order valence-electron chi connectivity index (χ1n) is 4.53. The molecule has 4 nitrogen and oxygen atoms in total. The van der Waals surface area contributed by atoms with Gasteiger partial charge in [-0.15, -0.1) is 0 Å². The maximum absolute atomic E-state index is 13.5. The molecule has 0 spiro atoms. The van der Waals surface area contributed by atoms with Crippen LogP contribution < -0.4 is 15.2 Å². The van der Waals surface area contributed by atoms with E-state index in [-0.39, 0.29) is 17.1 Å². The number of benzene rings is 1. The van der Waals surface area contributed by atoms with Crippen molar-refractivity contribution in [3.8, 4) is 11.5 Å². The van der Waals surface area contributed by atoms with Gasteiger partial charge in [-0.05, 0) is 0 Å². The molecule has 1 unspecified atom stereocenters. The highest BCUT2D eigenvalue weighted by molar-refractivity contribution is 5.49. The van der Waals surface area contributed by atoms with E-state index >= 15 is 0 Å². The van der Waals surface area contributed by atoms with Gasteiger partial charge in [-0.2, -0.15) is 0 Å². The lowest BCUT2D eigenvalue weighted by Gasteiger charge is -2.17. The Hall–Kier alpha value is -1.40. The molecule has 0 aliphatic heterocycles. The van der Waals surface area contributed by atoms with Crippen LogP contribution in [0.5, 0.6) is 11.5 Å². The Kier molecular flexibility index (Phi) is 4.03. The molecule has 16 heavy (non-hydrogen) atoms. The van der Waals surface area contributed by atoms with Crippen LogP contribution in [0.1, 0.15) is 11.6 Å². The van der Waals surface area contributed by atoms with E-state index in [1.807, 2.05) is 0 Å². The highest BCUT2D eigenvalue weighted by Crippen LogP contribution is 2.38. The van der Waals surface area contributed by atoms with Crippen molar-refractivity contribution in [2.75, 3.05) is 20.8 Å². The molecule has 1 rings (SSSR count). The summed E-state index contributed by atoms with van der Waals surface area (Å²) in [5, 5.41) is 8.88. The summed E-state index contributed by atoms with van der Waals surface area (Å²) in [6.45, 7) is -0.484. The van der Waals surface area contributed by atoms with Crippen molar-refractivity contribution in [3.05, 3.63) is 23.3 Å². The van der Waals surface area contributed by atoms with E-state index in [1.54, 1.807) is 0 Å². The fourth-order valence-corrected chi connectivity index (χ4v) is 1.42. The molecule has 1 atom stereocenters. The fourth-order valence-electron chi connectivity index (χ4n) is 1.42. The van der Waals surface area contributed by atoms with Crippen molar-refractivity contribution in [2.45, 2.75) is 6.04 Å². The Labute approximate surface area is 91.6 Å². The third-order valence-corrected chi connectivity index (χ3v) is 2.15. The molecule has 3 N–H and O–H groups in total. The quantitative estimate of drug-likeness (QED) is 0.813. The van der Waals surface area contributed by atoms with Gasteiger partial charge in [-0.1, -0.05) is 0 Å². The zero-order chi connectivity index (χ0) is 12.3. The molecular weight excluding hydrogens is 220 g/mol. The van der Waals surface area contributed by atoms with Crippen molar-refractivity contribution in [2.24, 2.45) is 5.73 Å². The Morgan fingerprint density at radius 1 is 1.25 bits per heavy atom. The van der Waals surface area contributed by atoms with Gasteiger partial charge >= 0.3 is 0 Å². The lowest BCUT2D eigenvalue weighted by atomic mass is 10.1. The van der Waals surface area contributed by atoms with E-state index in [1.165, 1.54) is 14.2 Å². The second kappa shape index (κ2) is 5.09. The summed E-state index contributed by atoms with van der Waals surface area (Å²) in [6.07, 6.45) is 0. The van der Waals surface area contributed by atoms with Crippen molar-refractivity contribution in [1.82, 2.24) is 0 Å². The highest BCUT2D eigenvalue weighted by Gasteiger charge is 2.24. The Morgan fingerprint density at radius 2 is 1.81 bits per heavy atom. The summed E-state index contributed by atoms with van der Waals surface area (Å²) in [4.78, 5) is 0. The Balaban J connectivity index is 3.45. The monoisotopic (exact) mass is 233 g/mol. The maximum atomic E-state index is 13.5. The SMILES string of the molecule is COc1c(F)cc(F)c(C(N)CO)c1OC. The number of hydrogen-bond acceptors (Lipinski definition) is 4. The van der Waals surface area contributed by atoms with E-state index in [0.717, 1.165) is 0 Å². The number of halogens is 2. The highest BCUT2D eigenvalue weighted by atomic mass is 19.1. The predicted molar refractivity (Wildman–Crippen MR) is 53.5 cm³/mol. The van der Waals surface area contributed by atoms with Gasteiger partial charge in [-0.3, -0.25) is 0 Å². The van der Waals surface area contributed by atoms with Crippen LogP contribution in [-0.2, 0) is 0 Å². The van der Waals surface area contributed by atoms with Gasteiger partial charge in [0.05, 0.1) is 32.4 Å². The molecule has 1 aromatic carbocycles. The fraction of sp³-hybridized carbons (Fsp3) is 0.400. The standard InChI is InChI=1S/C10H13F2NO3/c1-15-9-6(12)3-5(11)8(7(13)4-14)10(9)16-2/h3,7,14H,4,13H2,1-2H3. The molecule has 0 amide bonds. The number of hydrogen-bond donors (Lipinski definition) is 2. The third-order valence-electron chi connectivity index (χ3n) is 2.15. The molecule has 0 aliphatic carbocycles. The molecule has 0 radical (unpaired) electrons. The Morgan fingerprint density at radius 3 is 2.25 bits per heavy atom. The summed E-state index contributed by atoms with van der Waals surface area (Å²) in [5.74, 6) is -2.13. The van der Waals surface area contributed by atoms with Crippen LogP contribution >= 0.6 is 0 Å². The second-order valence-corrected chi connectivity index (χ2v) is 3.11. The molecule has 1 aromatic rings. The summed E-state index contributed by atoms with van der Waals surface area (Å²) < 4.78 is 36.4. The first-order chi connectivity index (χ1) is 7.56. The normalized spacial score (nSPS) is 12.4. The number of nitrogens with two attached hydrogens (primary N) is 1. The number of ether oxygens (including phenoxy) is 2. The maximum Gasteiger partial charge on any atom is 0.197 e. The molecule has 0 saturated heterocycles. The number of aliphatic hydroxyl groups excluding tert-OH is 1. The average Bonchev–Trinajstić information content (AvgIpc) is 2.27. The van der Waals surface area contributed by atoms with E-state index < -0.39 is 24.3 Å². The first kappa shape index (κ1) is 12.7. The van der Waals surface area contributed by atoms with E-state index in [0.29, 0.717) is 6.07 Å². The summed E-state index contributed by atoms with van der Waals surface area (Å²) in [6, 6.07) is -0.351. The molecular formula is C10H13F2NO3. The van der Waals surface area contributed by atoms with Gasteiger partial charge in [-0.25, -0.2) is 8.78 Å². The molecule has 6 heteroatoms. The predicted octanol–water partition coefficient (Wildman–Crippen LogP) is 0.974. The van der Waals surface area contributed by atoms with E-state index in [9.17, 15) is 8.78 Å². The van der Waals surface area contributed by atoms with Crippen LogP contribution in [-0.4, -0.2) is 25.9 Å². The van der Waals surface area contributed by atoms with E-state index in [2.05, 4.69) is 0 Å². The third kappa shape index (κ3) is 2.07. The molecule has 0 bridgehead atoms. The largest absolute Gasteiger partial charge is 0.492 e. The minimum absolute atomic E-state index is 0.108. The topological polar surface area (TPSA) is 64.7 Å². The minimum Gasteiger partial charge on any atom is -0.492 e. The number of aliphatic hydroxyl groups is 1. The molecule has 0 aliphatic rings. The van der Waals surface area contributed by atoms with Gasteiger partial charge in [0.1, 0.15) is 5.82 Å². The van der Waals surface area contributed by atoms with Crippen molar-refractivity contribution < 1.29 is 23.4 Å².